The third-order valence-corrected chi connectivity index (χ3v) is 3.92. The smallest absolute Gasteiger partial charge is 0.267 e. The number of carbonyl (C=O) groups excluding carboxylic acids is 1. The summed E-state index contributed by atoms with van der Waals surface area (Å²) in [6, 6.07) is -0.572. The number of nitrogens with zero attached hydrogens (tertiary/aromatic N) is 4. The van der Waals surface area contributed by atoms with E-state index in [1.807, 2.05) is 6.92 Å². The summed E-state index contributed by atoms with van der Waals surface area (Å²) in [7, 11) is 0. The molecule has 1 atom stereocenters. The van der Waals surface area contributed by atoms with E-state index in [1.54, 1.807) is 11.8 Å². The van der Waals surface area contributed by atoms with E-state index < -0.39 is 6.04 Å². The van der Waals surface area contributed by atoms with Gasteiger partial charge >= 0.3 is 0 Å². The summed E-state index contributed by atoms with van der Waals surface area (Å²) in [4.78, 5) is 31.1. The third-order valence-electron chi connectivity index (χ3n) is 3.92. The molecule has 0 aliphatic carbocycles. The number of amides is 1. The van der Waals surface area contributed by atoms with Crippen LogP contribution >= 0.6 is 0 Å². The fourth-order valence-electron chi connectivity index (χ4n) is 2.70. The molecule has 1 aliphatic heterocycles. The topological polar surface area (TPSA) is 90.5 Å². The van der Waals surface area contributed by atoms with Crippen molar-refractivity contribution in [2.75, 3.05) is 26.3 Å². The Bertz CT molecular complexity index is 745. The first-order valence-corrected chi connectivity index (χ1v) is 7.33. The first-order valence-electron chi connectivity index (χ1n) is 7.33. The van der Waals surface area contributed by atoms with E-state index in [0.29, 0.717) is 43.8 Å². The summed E-state index contributed by atoms with van der Waals surface area (Å²) in [6.07, 6.45) is 1.87. The van der Waals surface area contributed by atoms with Crippen molar-refractivity contribution in [1.82, 2.24) is 19.6 Å². The van der Waals surface area contributed by atoms with Gasteiger partial charge in [0, 0.05) is 13.1 Å². The van der Waals surface area contributed by atoms with E-state index in [0.717, 1.165) is 0 Å². The zero-order chi connectivity index (χ0) is 15.7. The highest BCUT2D eigenvalue weighted by Crippen LogP contribution is 2.17. The summed E-state index contributed by atoms with van der Waals surface area (Å²) >= 11 is 0. The van der Waals surface area contributed by atoms with Gasteiger partial charge in [0.05, 0.1) is 18.9 Å². The lowest BCUT2D eigenvalue weighted by Gasteiger charge is -2.30. The number of hydrogen-bond donors (Lipinski definition) is 0. The van der Waals surface area contributed by atoms with Gasteiger partial charge in [-0.1, -0.05) is 12.1 Å². The fourth-order valence-corrected chi connectivity index (χ4v) is 2.70. The van der Waals surface area contributed by atoms with Crippen LogP contribution in [-0.4, -0.2) is 51.8 Å². The quantitative estimate of drug-likeness (QED) is 0.820. The maximum atomic E-state index is 12.7. The molecule has 0 radical (unpaired) electrons. The van der Waals surface area contributed by atoms with Crippen LogP contribution in [0.25, 0.3) is 11.1 Å². The molecule has 118 valence electrons. The number of morpholine rings is 1. The SMILES string of the molecule is CCC(C(=O)N1CCOCC1)n1cnc2onc(C)c2c1=O. The highest BCUT2D eigenvalue weighted by Gasteiger charge is 2.27. The van der Waals surface area contributed by atoms with Gasteiger partial charge in [-0.2, -0.15) is 0 Å². The maximum absolute atomic E-state index is 12.7. The van der Waals surface area contributed by atoms with Crippen LogP contribution in [0.5, 0.6) is 0 Å². The van der Waals surface area contributed by atoms with Crippen LogP contribution < -0.4 is 5.56 Å². The monoisotopic (exact) mass is 306 g/mol. The second-order valence-electron chi connectivity index (χ2n) is 5.27. The van der Waals surface area contributed by atoms with Crippen molar-refractivity contribution in [3.05, 3.63) is 22.4 Å². The minimum atomic E-state index is -0.572. The summed E-state index contributed by atoms with van der Waals surface area (Å²) < 4.78 is 11.6. The molecule has 3 rings (SSSR count). The largest absolute Gasteiger partial charge is 0.378 e. The van der Waals surface area contributed by atoms with Crippen molar-refractivity contribution in [1.29, 1.82) is 0 Å². The molecule has 0 saturated carbocycles. The number of aromatic nitrogens is 3. The van der Waals surface area contributed by atoms with Crippen molar-refractivity contribution in [2.24, 2.45) is 0 Å². The Labute approximate surface area is 126 Å². The molecule has 1 aliphatic rings. The Hall–Kier alpha value is -2.22. The Kier molecular flexibility index (Phi) is 3.93. The van der Waals surface area contributed by atoms with Gasteiger partial charge < -0.3 is 14.2 Å². The zero-order valence-corrected chi connectivity index (χ0v) is 12.6. The van der Waals surface area contributed by atoms with Gasteiger partial charge in [-0.25, -0.2) is 4.98 Å². The average molecular weight is 306 g/mol. The predicted octanol–water partition coefficient (Wildman–Crippen LogP) is 0.503. The summed E-state index contributed by atoms with van der Waals surface area (Å²) in [5.41, 5.74) is 0.389. The minimum absolute atomic E-state index is 0.0804. The maximum Gasteiger partial charge on any atom is 0.267 e. The Morgan fingerprint density at radius 2 is 2.14 bits per heavy atom. The van der Waals surface area contributed by atoms with E-state index >= 15 is 0 Å². The second kappa shape index (κ2) is 5.88. The second-order valence-corrected chi connectivity index (χ2v) is 5.27. The van der Waals surface area contributed by atoms with E-state index in [1.165, 1.54) is 10.9 Å². The minimum Gasteiger partial charge on any atom is -0.378 e. The van der Waals surface area contributed by atoms with Crippen LogP contribution in [0, 0.1) is 6.92 Å². The van der Waals surface area contributed by atoms with Crippen molar-refractivity contribution in [3.8, 4) is 0 Å². The van der Waals surface area contributed by atoms with E-state index in [-0.39, 0.29) is 17.2 Å². The first kappa shape index (κ1) is 14.7. The van der Waals surface area contributed by atoms with Crippen LogP contribution in [0.2, 0.25) is 0 Å². The molecule has 1 fully saturated rings. The van der Waals surface area contributed by atoms with E-state index in [4.69, 9.17) is 9.26 Å². The number of ether oxygens (including phenoxy) is 1. The standard InChI is InChI=1S/C14H18N4O4/c1-3-10(13(19)17-4-6-21-7-5-17)18-8-15-12-11(14(18)20)9(2)16-22-12/h8,10H,3-7H2,1-2H3. The molecule has 22 heavy (non-hydrogen) atoms. The van der Waals surface area contributed by atoms with Gasteiger partial charge in [0.15, 0.2) is 0 Å². The molecule has 0 spiro atoms. The number of fused-ring (bicyclic) bond motifs is 1. The Morgan fingerprint density at radius 3 is 2.82 bits per heavy atom. The Balaban J connectivity index is 1.99. The average Bonchev–Trinajstić information content (AvgIpc) is 2.93. The number of carbonyl (C=O) groups is 1. The lowest BCUT2D eigenvalue weighted by molar-refractivity contribution is -0.139. The van der Waals surface area contributed by atoms with E-state index in [2.05, 4.69) is 10.1 Å². The lowest BCUT2D eigenvalue weighted by atomic mass is 10.1. The van der Waals surface area contributed by atoms with Gasteiger partial charge in [0.1, 0.15) is 17.8 Å². The molecular formula is C14H18N4O4. The molecule has 1 unspecified atom stereocenters. The molecule has 8 heteroatoms. The summed E-state index contributed by atoms with van der Waals surface area (Å²) in [5.74, 6) is -0.0804. The van der Waals surface area contributed by atoms with Gasteiger partial charge in [0.2, 0.25) is 5.91 Å². The molecule has 0 bridgehead atoms. The van der Waals surface area contributed by atoms with Gasteiger partial charge in [-0.05, 0) is 13.3 Å². The van der Waals surface area contributed by atoms with Crippen molar-refractivity contribution < 1.29 is 14.1 Å². The molecule has 8 nitrogen and oxygen atoms in total. The lowest BCUT2D eigenvalue weighted by Crippen LogP contribution is -2.45. The van der Waals surface area contributed by atoms with Crippen molar-refractivity contribution >= 4 is 17.0 Å². The van der Waals surface area contributed by atoms with Gasteiger partial charge in [0.25, 0.3) is 11.3 Å². The highest BCUT2D eigenvalue weighted by atomic mass is 16.5. The number of rotatable bonds is 3. The molecular weight excluding hydrogens is 288 g/mol. The third kappa shape index (κ3) is 2.39. The fraction of sp³-hybridized carbons (Fsp3) is 0.571. The molecule has 0 N–H and O–H groups in total. The normalized spacial score (nSPS) is 16.9. The molecule has 2 aromatic heterocycles. The zero-order valence-electron chi connectivity index (χ0n) is 12.6. The summed E-state index contributed by atoms with van der Waals surface area (Å²) in [6.45, 7) is 5.71. The summed E-state index contributed by atoms with van der Waals surface area (Å²) in [5, 5.41) is 4.08. The van der Waals surface area contributed by atoms with Crippen molar-refractivity contribution in [2.45, 2.75) is 26.3 Å². The van der Waals surface area contributed by atoms with Crippen molar-refractivity contribution in [3.63, 3.8) is 0 Å². The van der Waals surface area contributed by atoms with Crippen LogP contribution in [0.15, 0.2) is 15.6 Å². The highest BCUT2D eigenvalue weighted by molar-refractivity contribution is 5.81. The van der Waals surface area contributed by atoms with Gasteiger partial charge in [-0.3, -0.25) is 14.2 Å². The van der Waals surface area contributed by atoms with Gasteiger partial charge in [-0.15, -0.1) is 0 Å². The van der Waals surface area contributed by atoms with Crippen LogP contribution in [0.1, 0.15) is 25.1 Å². The number of hydrogen-bond acceptors (Lipinski definition) is 6. The number of aryl methyl sites for hydroxylation is 1. The molecule has 2 aromatic rings. The predicted molar refractivity (Wildman–Crippen MR) is 77.5 cm³/mol. The molecule has 1 amide bonds. The van der Waals surface area contributed by atoms with Crippen LogP contribution in [0.3, 0.4) is 0 Å². The first-order chi connectivity index (χ1) is 10.6. The van der Waals surface area contributed by atoms with Crippen LogP contribution in [0.4, 0.5) is 0 Å². The molecule has 3 heterocycles. The Morgan fingerprint density at radius 1 is 1.41 bits per heavy atom. The van der Waals surface area contributed by atoms with Crippen LogP contribution in [-0.2, 0) is 9.53 Å². The molecule has 1 saturated heterocycles. The van der Waals surface area contributed by atoms with E-state index in [9.17, 15) is 9.59 Å². The molecule has 0 aromatic carbocycles.